The lowest BCUT2D eigenvalue weighted by Crippen LogP contribution is -2.44. The number of piperidine rings is 2. The molecule has 0 spiro atoms. The highest BCUT2D eigenvalue weighted by molar-refractivity contribution is 7.89. The minimum Gasteiger partial charge on any atom is -0.370 e. The van der Waals surface area contributed by atoms with Gasteiger partial charge >= 0.3 is 0 Å². The molecule has 2 fully saturated rings. The van der Waals surface area contributed by atoms with Crippen LogP contribution < -0.4 is 16.0 Å². The number of primary amides is 1. The zero-order chi connectivity index (χ0) is 24.5. The van der Waals surface area contributed by atoms with Gasteiger partial charge in [-0.25, -0.2) is 8.42 Å². The molecular formula is C23H31N5O5S. The van der Waals surface area contributed by atoms with Gasteiger partial charge in [0.05, 0.1) is 17.3 Å². The van der Waals surface area contributed by atoms with E-state index in [0.717, 1.165) is 38.0 Å². The number of nitrogens with two attached hydrogens (primary N) is 1. The van der Waals surface area contributed by atoms with Gasteiger partial charge in [-0.2, -0.15) is 4.31 Å². The van der Waals surface area contributed by atoms with E-state index in [1.54, 1.807) is 26.0 Å². The maximum absolute atomic E-state index is 13.3. The van der Waals surface area contributed by atoms with E-state index in [0.29, 0.717) is 36.3 Å². The maximum Gasteiger partial charge on any atom is 0.248 e. The molecule has 4 rings (SSSR count). The number of carbonyl (C=O) groups is 2. The molecule has 2 amide bonds. The first kappa shape index (κ1) is 24.2. The van der Waals surface area contributed by atoms with Crippen LogP contribution in [0.15, 0.2) is 27.6 Å². The van der Waals surface area contributed by atoms with Gasteiger partial charge in [0.1, 0.15) is 10.6 Å². The van der Waals surface area contributed by atoms with Crippen LogP contribution in [0.25, 0.3) is 0 Å². The molecule has 34 heavy (non-hydrogen) atoms. The van der Waals surface area contributed by atoms with E-state index in [-0.39, 0.29) is 23.1 Å². The number of aryl methyl sites for hydroxylation is 2. The summed E-state index contributed by atoms with van der Waals surface area (Å²) in [6.45, 7) is 5.27. The third-order valence-corrected chi connectivity index (χ3v) is 8.67. The number of hydrogen-bond donors (Lipinski definition) is 2. The topological polar surface area (TPSA) is 139 Å². The Morgan fingerprint density at radius 1 is 1.12 bits per heavy atom. The average Bonchev–Trinajstić information content (AvgIpc) is 3.18. The van der Waals surface area contributed by atoms with Crippen LogP contribution >= 0.6 is 0 Å². The van der Waals surface area contributed by atoms with Crippen molar-refractivity contribution in [3.05, 3.63) is 35.2 Å². The molecule has 1 atom stereocenters. The molecule has 1 unspecified atom stereocenters. The number of anilines is 2. The van der Waals surface area contributed by atoms with Gasteiger partial charge in [-0.1, -0.05) is 5.16 Å². The number of sulfonamides is 1. The van der Waals surface area contributed by atoms with Crippen LogP contribution in [0.4, 0.5) is 11.4 Å². The van der Waals surface area contributed by atoms with Crippen molar-refractivity contribution < 1.29 is 22.5 Å². The van der Waals surface area contributed by atoms with Crippen molar-refractivity contribution in [2.75, 3.05) is 36.4 Å². The van der Waals surface area contributed by atoms with Crippen molar-refractivity contribution >= 4 is 33.2 Å². The van der Waals surface area contributed by atoms with Crippen molar-refractivity contribution in [3.8, 4) is 0 Å². The summed E-state index contributed by atoms with van der Waals surface area (Å²) in [6.07, 6.45) is 4.40. The predicted molar refractivity (Wildman–Crippen MR) is 127 cm³/mol. The Bertz CT molecular complexity index is 1170. The Kier molecular flexibility index (Phi) is 6.94. The van der Waals surface area contributed by atoms with Crippen LogP contribution in [0.5, 0.6) is 0 Å². The van der Waals surface area contributed by atoms with Gasteiger partial charge in [0.15, 0.2) is 5.76 Å². The molecule has 1 aromatic carbocycles. The Hall–Kier alpha value is -2.92. The predicted octanol–water partition coefficient (Wildman–Crippen LogP) is 2.42. The van der Waals surface area contributed by atoms with Crippen LogP contribution in [-0.4, -0.2) is 55.9 Å². The lowest BCUT2D eigenvalue weighted by Gasteiger charge is -2.33. The van der Waals surface area contributed by atoms with Gasteiger partial charge in [-0.3, -0.25) is 9.59 Å². The highest BCUT2D eigenvalue weighted by Crippen LogP contribution is 2.32. The molecule has 2 aromatic rings. The number of nitrogens with one attached hydrogen (secondary N) is 1. The molecule has 184 valence electrons. The smallest absolute Gasteiger partial charge is 0.248 e. The van der Waals surface area contributed by atoms with Crippen molar-refractivity contribution in [2.45, 2.75) is 50.8 Å². The highest BCUT2D eigenvalue weighted by Gasteiger charge is 2.36. The summed E-state index contributed by atoms with van der Waals surface area (Å²) in [5.74, 6) is -1.15. The second-order valence-electron chi connectivity index (χ2n) is 8.99. The van der Waals surface area contributed by atoms with E-state index in [4.69, 9.17) is 10.3 Å². The minimum atomic E-state index is -3.83. The van der Waals surface area contributed by atoms with Crippen molar-refractivity contribution in [1.29, 1.82) is 0 Å². The Labute approximate surface area is 199 Å². The second-order valence-corrected chi connectivity index (χ2v) is 10.9. The van der Waals surface area contributed by atoms with Gasteiger partial charge in [-0.15, -0.1) is 0 Å². The lowest BCUT2D eigenvalue weighted by atomic mass is 9.98. The quantitative estimate of drug-likeness (QED) is 0.635. The summed E-state index contributed by atoms with van der Waals surface area (Å²) in [4.78, 5) is 27.3. The fourth-order valence-electron chi connectivity index (χ4n) is 4.78. The fraction of sp³-hybridized carbons (Fsp3) is 0.522. The van der Waals surface area contributed by atoms with E-state index >= 15 is 0 Å². The Morgan fingerprint density at radius 2 is 1.85 bits per heavy atom. The van der Waals surface area contributed by atoms with Gasteiger partial charge in [0.25, 0.3) is 0 Å². The first-order valence-corrected chi connectivity index (χ1v) is 13.0. The molecule has 0 radical (unpaired) electrons. The fourth-order valence-corrected chi connectivity index (χ4v) is 6.60. The van der Waals surface area contributed by atoms with Crippen LogP contribution in [-0.2, 0) is 14.8 Å². The molecule has 2 aliphatic heterocycles. The summed E-state index contributed by atoms with van der Waals surface area (Å²) < 4.78 is 32.8. The Balaban J connectivity index is 1.55. The third-order valence-electron chi connectivity index (χ3n) is 6.56. The number of carbonyl (C=O) groups excluding carboxylic acids is 2. The first-order valence-electron chi connectivity index (χ1n) is 11.6. The van der Waals surface area contributed by atoms with E-state index in [1.165, 1.54) is 4.31 Å². The van der Waals surface area contributed by atoms with E-state index < -0.39 is 21.8 Å². The molecule has 1 aromatic heterocycles. The highest BCUT2D eigenvalue weighted by atomic mass is 32.2. The maximum atomic E-state index is 13.3. The van der Waals surface area contributed by atoms with Gasteiger partial charge in [0, 0.05) is 31.7 Å². The number of aromatic nitrogens is 1. The standard InChI is InChI=1S/C23H31N5O5S/c1-15-21(16(2)33-26-15)34(31,32)28-12-6-7-18(14-28)23(30)25-19-13-17(22(24)29)8-9-20(19)27-10-4-3-5-11-27/h8-9,13,18H,3-7,10-12,14H2,1-2H3,(H2,24,29)(H,25,30). The van der Waals surface area contributed by atoms with Crippen molar-refractivity contribution in [2.24, 2.45) is 11.7 Å². The summed E-state index contributed by atoms with van der Waals surface area (Å²) in [5, 5.41) is 6.72. The zero-order valence-corrected chi connectivity index (χ0v) is 20.4. The van der Waals surface area contributed by atoms with Crippen LogP contribution in [0, 0.1) is 19.8 Å². The zero-order valence-electron chi connectivity index (χ0n) is 19.5. The number of rotatable bonds is 6. The van der Waals surface area contributed by atoms with Crippen LogP contribution in [0.2, 0.25) is 0 Å². The normalized spacial score (nSPS) is 19.7. The van der Waals surface area contributed by atoms with E-state index in [2.05, 4.69) is 15.4 Å². The largest absolute Gasteiger partial charge is 0.370 e. The summed E-state index contributed by atoms with van der Waals surface area (Å²) >= 11 is 0. The van der Waals surface area contributed by atoms with E-state index in [9.17, 15) is 18.0 Å². The third kappa shape index (κ3) is 4.80. The monoisotopic (exact) mass is 489 g/mol. The molecule has 2 aliphatic rings. The number of amides is 2. The SMILES string of the molecule is Cc1noc(C)c1S(=O)(=O)N1CCCC(C(=O)Nc2cc(C(N)=O)ccc2N2CCCCC2)C1. The van der Waals surface area contributed by atoms with Crippen LogP contribution in [0.1, 0.15) is 53.9 Å². The molecule has 0 bridgehead atoms. The molecule has 3 heterocycles. The molecule has 3 N–H and O–H groups in total. The summed E-state index contributed by atoms with van der Waals surface area (Å²) in [7, 11) is -3.83. The van der Waals surface area contributed by atoms with Crippen molar-refractivity contribution in [3.63, 3.8) is 0 Å². The molecule has 2 saturated heterocycles. The first-order chi connectivity index (χ1) is 16.2. The molecule has 11 heteroatoms. The summed E-state index contributed by atoms with van der Waals surface area (Å²) in [6, 6.07) is 5.09. The minimum absolute atomic E-state index is 0.0623. The number of nitrogens with zero attached hydrogens (tertiary/aromatic N) is 3. The van der Waals surface area contributed by atoms with Gasteiger partial charge < -0.3 is 20.5 Å². The average molecular weight is 490 g/mol. The van der Waals surface area contributed by atoms with Gasteiger partial charge in [0.2, 0.25) is 21.8 Å². The lowest BCUT2D eigenvalue weighted by molar-refractivity contribution is -0.120. The molecule has 0 aliphatic carbocycles. The number of hydrogen-bond acceptors (Lipinski definition) is 7. The molecule has 10 nitrogen and oxygen atoms in total. The summed E-state index contributed by atoms with van der Waals surface area (Å²) in [5.41, 5.74) is 7.45. The molecular weight excluding hydrogens is 458 g/mol. The van der Waals surface area contributed by atoms with Crippen LogP contribution in [0.3, 0.4) is 0 Å². The number of benzene rings is 1. The van der Waals surface area contributed by atoms with E-state index in [1.807, 2.05) is 6.07 Å². The second kappa shape index (κ2) is 9.75. The Morgan fingerprint density at radius 3 is 2.50 bits per heavy atom. The molecule has 0 saturated carbocycles. The van der Waals surface area contributed by atoms with Crippen molar-refractivity contribution in [1.82, 2.24) is 9.46 Å². The van der Waals surface area contributed by atoms with Gasteiger partial charge in [-0.05, 0) is 64.2 Å².